The van der Waals surface area contributed by atoms with Gasteiger partial charge in [-0.2, -0.15) is 0 Å². The van der Waals surface area contributed by atoms with Crippen molar-refractivity contribution in [3.05, 3.63) is 29.3 Å². The lowest BCUT2D eigenvalue weighted by Crippen LogP contribution is -2.49. The maximum Gasteiger partial charge on any atom is 0.261 e. The van der Waals surface area contributed by atoms with Crippen LogP contribution >= 0.6 is 24.0 Å². The molecular weight excluding hydrogens is 299 g/mol. The lowest BCUT2D eigenvalue weighted by Gasteiger charge is -2.25. The average Bonchev–Trinajstić information content (AvgIpc) is 2.40. The van der Waals surface area contributed by atoms with Crippen LogP contribution in [0.4, 0.5) is 0 Å². The minimum Gasteiger partial charge on any atom is -0.481 e. The predicted octanol–water partition coefficient (Wildman–Crippen LogP) is 2.40. The molecule has 0 radical (unpaired) electrons. The van der Waals surface area contributed by atoms with Crippen LogP contribution in [0.15, 0.2) is 24.3 Å². The molecule has 2 atom stereocenters. The van der Waals surface area contributed by atoms with Crippen LogP contribution < -0.4 is 15.4 Å². The Morgan fingerprint density at radius 2 is 2.35 bits per heavy atom. The zero-order valence-corrected chi connectivity index (χ0v) is 13.0. The number of piperidine rings is 1. The number of amides is 1. The highest BCUT2D eigenvalue weighted by molar-refractivity contribution is 6.30. The Balaban J connectivity index is 0.00000200. The molecule has 1 fully saturated rings. The van der Waals surface area contributed by atoms with Crippen LogP contribution in [0.1, 0.15) is 19.8 Å². The third-order valence-corrected chi connectivity index (χ3v) is 3.36. The fourth-order valence-corrected chi connectivity index (χ4v) is 2.27. The van der Waals surface area contributed by atoms with Gasteiger partial charge in [0.25, 0.3) is 5.91 Å². The van der Waals surface area contributed by atoms with Crippen molar-refractivity contribution in [1.29, 1.82) is 0 Å². The van der Waals surface area contributed by atoms with E-state index in [0.29, 0.717) is 10.8 Å². The summed E-state index contributed by atoms with van der Waals surface area (Å²) in [5.74, 6) is 0.519. The fourth-order valence-electron chi connectivity index (χ4n) is 2.09. The number of ether oxygens (including phenoxy) is 1. The van der Waals surface area contributed by atoms with Gasteiger partial charge in [0, 0.05) is 17.6 Å². The molecule has 0 bridgehead atoms. The number of halogens is 2. The predicted molar refractivity (Wildman–Crippen MR) is 82.8 cm³/mol. The molecule has 1 aromatic carbocycles. The average molecular weight is 319 g/mol. The number of hydrogen-bond donors (Lipinski definition) is 2. The van der Waals surface area contributed by atoms with Gasteiger partial charge in [-0.15, -0.1) is 12.4 Å². The summed E-state index contributed by atoms with van der Waals surface area (Å²) in [5.41, 5.74) is 0. The summed E-state index contributed by atoms with van der Waals surface area (Å²) >= 11 is 5.87. The van der Waals surface area contributed by atoms with Crippen LogP contribution in [0.25, 0.3) is 0 Å². The van der Waals surface area contributed by atoms with Crippen LogP contribution in [-0.4, -0.2) is 31.1 Å². The molecule has 1 aliphatic rings. The SMILES string of the molecule is CC(Oc1cccc(Cl)c1)C(=O)N[C@H]1CCCNC1.Cl. The van der Waals surface area contributed by atoms with E-state index >= 15 is 0 Å². The van der Waals surface area contributed by atoms with Gasteiger partial charge in [-0.3, -0.25) is 4.79 Å². The van der Waals surface area contributed by atoms with Gasteiger partial charge in [0.1, 0.15) is 5.75 Å². The Bertz CT molecular complexity index is 437. The van der Waals surface area contributed by atoms with E-state index < -0.39 is 6.10 Å². The molecule has 2 rings (SSSR count). The van der Waals surface area contributed by atoms with E-state index in [1.807, 2.05) is 0 Å². The highest BCUT2D eigenvalue weighted by Gasteiger charge is 2.20. The number of rotatable bonds is 4. The molecule has 4 nitrogen and oxygen atoms in total. The highest BCUT2D eigenvalue weighted by Crippen LogP contribution is 2.18. The van der Waals surface area contributed by atoms with Crippen molar-refractivity contribution >= 4 is 29.9 Å². The Labute approximate surface area is 130 Å². The summed E-state index contributed by atoms with van der Waals surface area (Å²) in [7, 11) is 0. The third kappa shape index (κ3) is 5.19. The summed E-state index contributed by atoms with van der Waals surface area (Å²) in [6.07, 6.45) is 1.58. The van der Waals surface area contributed by atoms with E-state index in [-0.39, 0.29) is 24.4 Å². The van der Waals surface area contributed by atoms with Crippen LogP contribution in [0.3, 0.4) is 0 Å². The molecule has 0 aromatic heterocycles. The molecule has 112 valence electrons. The minimum atomic E-state index is -0.527. The topological polar surface area (TPSA) is 50.4 Å². The van der Waals surface area contributed by atoms with E-state index in [9.17, 15) is 4.79 Å². The molecule has 1 aromatic rings. The summed E-state index contributed by atoms with van der Waals surface area (Å²) in [5, 5.41) is 6.86. The summed E-state index contributed by atoms with van der Waals surface area (Å²) < 4.78 is 5.58. The van der Waals surface area contributed by atoms with E-state index in [1.54, 1.807) is 31.2 Å². The van der Waals surface area contributed by atoms with Crippen molar-refractivity contribution in [2.45, 2.75) is 31.9 Å². The summed E-state index contributed by atoms with van der Waals surface area (Å²) in [6, 6.07) is 7.26. The van der Waals surface area contributed by atoms with Crippen molar-refractivity contribution in [2.24, 2.45) is 0 Å². The molecule has 6 heteroatoms. The van der Waals surface area contributed by atoms with Crippen LogP contribution in [0.5, 0.6) is 5.75 Å². The number of carbonyl (C=O) groups is 1. The Hall–Kier alpha value is -0.970. The van der Waals surface area contributed by atoms with E-state index in [1.165, 1.54) is 0 Å². The molecule has 1 amide bonds. The number of benzene rings is 1. The Kier molecular flexibility index (Phi) is 7.13. The monoisotopic (exact) mass is 318 g/mol. The van der Waals surface area contributed by atoms with Gasteiger partial charge in [0.05, 0.1) is 0 Å². The first kappa shape index (κ1) is 17.1. The fraction of sp³-hybridized carbons (Fsp3) is 0.500. The minimum absolute atomic E-state index is 0. The zero-order chi connectivity index (χ0) is 13.7. The molecule has 1 heterocycles. The molecule has 1 saturated heterocycles. The van der Waals surface area contributed by atoms with E-state index in [0.717, 1.165) is 25.9 Å². The molecular formula is C14H20Cl2N2O2. The number of carbonyl (C=O) groups excluding carboxylic acids is 1. The quantitative estimate of drug-likeness (QED) is 0.896. The van der Waals surface area contributed by atoms with Crippen molar-refractivity contribution in [3.8, 4) is 5.75 Å². The second kappa shape index (κ2) is 8.35. The first-order chi connectivity index (χ1) is 9.15. The van der Waals surface area contributed by atoms with Crippen molar-refractivity contribution in [2.75, 3.05) is 13.1 Å². The molecule has 2 N–H and O–H groups in total. The first-order valence-electron chi connectivity index (χ1n) is 6.58. The van der Waals surface area contributed by atoms with Gasteiger partial charge in [-0.25, -0.2) is 0 Å². The largest absolute Gasteiger partial charge is 0.481 e. The maximum atomic E-state index is 12.0. The van der Waals surface area contributed by atoms with Gasteiger partial charge in [-0.1, -0.05) is 17.7 Å². The lowest BCUT2D eigenvalue weighted by molar-refractivity contribution is -0.128. The van der Waals surface area contributed by atoms with Gasteiger partial charge in [-0.05, 0) is 44.5 Å². The lowest BCUT2D eigenvalue weighted by atomic mass is 10.1. The van der Waals surface area contributed by atoms with E-state index in [2.05, 4.69) is 10.6 Å². The van der Waals surface area contributed by atoms with Crippen molar-refractivity contribution in [3.63, 3.8) is 0 Å². The first-order valence-corrected chi connectivity index (χ1v) is 6.96. The Morgan fingerprint density at radius 1 is 1.55 bits per heavy atom. The van der Waals surface area contributed by atoms with Crippen molar-refractivity contribution < 1.29 is 9.53 Å². The highest BCUT2D eigenvalue weighted by atomic mass is 35.5. The van der Waals surface area contributed by atoms with Gasteiger partial charge in [0.15, 0.2) is 6.10 Å². The number of hydrogen-bond acceptors (Lipinski definition) is 3. The van der Waals surface area contributed by atoms with Crippen molar-refractivity contribution in [1.82, 2.24) is 10.6 Å². The third-order valence-electron chi connectivity index (χ3n) is 3.12. The van der Waals surface area contributed by atoms with Gasteiger partial charge < -0.3 is 15.4 Å². The summed E-state index contributed by atoms with van der Waals surface area (Å²) in [6.45, 7) is 3.60. The number of nitrogens with one attached hydrogen (secondary N) is 2. The molecule has 0 spiro atoms. The van der Waals surface area contributed by atoms with Crippen LogP contribution in [0, 0.1) is 0 Å². The standard InChI is InChI=1S/C14H19ClN2O2.ClH/c1-10(19-13-6-2-4-11(15)8-13)14(18)17-12-5-3-7-16-9-12;/h2,4,6,8,10,12,16H,3,5,7,9H2,1H3,(H,17,18);1H/t10?,12-;/m0./s1. The molecule has 0 saturated carbocycles. The smallest absolute Gasteiger partial charge is 0.261 e. The van der Waals surface area contributed by atoms with E-state index in [4.69, 9.17) is 16.3 Å². The van der Waals surface area contributed by atoms with Crippen LogP contribution in [-0.2, 0) is 4.79 Å². The second-order valence-corrected chi connectivity index (χ2v) is 5.21. The Morgan fingerprint density at radius 3 is 3.00 bits per heavy atom. The van der Waals surface area contributed by atoms with Gasteiger partial charge >= 0.3 is 0 Å². The molecule has 0 aliphatic carbocycles. The second-order valence-electron chi connectivity index (χ2n) is 4.77. The molecule has 1 unspecified atom stereocenters. The van der Waals surface area contributed by atoms with Crippen LogP contribution in [0.2, 0.25) is 5.02 Å². The van der Waals surface area contributed by atoms with Gasteiger partial charge in [0.2, 0.25) is 0 Å². The molecule has 20 heavy (non-hydrogen) atoms. The normalized spacial score (nSPS) is 19.6. The molecule has 1 aliphatic heterocycles. The summed E-state index contributed by atoms with van der Waals surface area (Å²) in [4.78, 5) is 12.0. The maximum absolute atomic E-state index is 12.0. The zero-order valence-electron chi connectivity index (χ0n) is 11.4.